The summed E-state index contributed by atoms with van der Waals surface area (Å²) in [5.74, 6) is 0. The highest BCUT2D eigenvalue weighted by Gasteiger charge is 2.42. The Morgan fingerprint density at radius 2 is 1.56 bits per heavy atom. The van der Waals surface area contributed by atoms with Gasteiger partial charge in [-0.1, -0.05) is 55.1 Å². The van der Waals surface area contributed by atoms with E-state index in [1.165, 1.54) is 24.3 Å². The molecular formula is C30H28F3N3O2S. The van der Waals surface area contributed by atoms with Crippen molar-refractivity contribution in [1.82, 2.24) is 9.71 Å². The molecule has 4 aromatic rings. The topological polar surface area (TPSA) is 71.1 Å². The van der Waals surface area contributed by atoms with Gasteiger partial charge in [-0.15, -0.1) is 0 Å². The monoisotopic (exact) mass is 551 g/mol. The van der Waals surface area contributed by atoms with Crippen molar-refractivity contribution in [3.05, 3.63) is 137 Å². The number of nitrogens with zero attached hydrogens (tertiary/aromatic N) is 1. The van der Waals surface area contributed by atoms with E-state index in [4.69, 9.17) is 0 Å². The lowest BCUT2D eigenvalue weighted by Gasteiger charge is -2.35. The van der Waals surface area contributed by atoms with E-state index in [1.54, 1.807) is 61.7 Å². The zero-order valence-corrected chi connectivity index (χ0v) is 22.3. The molecule has 0 aliphatic rings. The van der Waals surface area contributed by atoms with E-state index in [0.717, 1.165) is 17.7 Å². The lowest BCUT2D eigenvalue weighted by atomic mass is 9.81. The van der Waals surface area contributed by atoms with E-state index >= 15 is 0 Å². The van der Waals surface area contributed by atoms with Crippen molar-refractivity contribution >= 4 is 15.7 Å². The molecule has 1 aromatic heterocycles. The number of alkyl halides is 3. The van der Waals surface area contributed by atoms with Crippen LogP contribution in [0.2, 0.25) is 0 Å². The van der Waals surface area contributed by atoms with Crippen LogP contribution in [0, 0.1) is 6.92 Å². The summed E-state index contributed by atoms with van der Waals surface area (Å²) in [4.78, 5) is 4.46. The van der Waals surface area contributed by atoms with Gasteiger partial charge in [0, 0.05) is 24.0 Å². The Balaban J connectivity index is 1.93. The Morgan fingerprint density at radius 3 is 2.15 bits per heavy atom. The van der Waals surface area contributed by atoms with E-state index in [-0.39, 0.29) is 22.6 Å². The molecule has 0 amide bonds. The smallest absolute Gasteiger partial charge is 0.360 e. The third kappa shape index (κ3) is 6.55. The second-order valence-electron chi connectivity index (χ2n) is 9.40. The molecule has 9 heteroatoms. The highest BCUT2D eigenvalue weighted by Crippen LogP contribution is 2.38. The maximum absolute atomic E-state index is 13.9. The van der Waals surface area contributed by atoms with E-state index < -0.39 is 27.3 Å². The van der Waals surface area contributed by atoms with Gasteiger partial charge in [-0.3, -0.25) is 4.98 Å². The molecule has 1 atom stereocenters. The van der Waals surface area contributed by atoms with Crippen LogP contribution >= 0.6 is 0 Å². The number of anilines is 1. The molecule has 0 aliphatic heterocycles. The molecule has 0 spiro atoms. The summed E-state index contributed by atoms with van der Waals surface area (Å²) >= 11 is 0. The summed E-state index contributed by atoms with van der Waals surface area (Å²) in [7, 11) is -4.26. The first-order chi connectivity index (χ1) is 18.4. The number of rotatable bonds is 9. The summed E-state index contributed by atoms with van der Waals surface area (Å²) in [5, 5.41) is 3.02. The average molecular weight is 552 g/mol. The first kappa shape index (κ1) is 28.1. The van der Waals surface area contributed by atoms with Crippen LogP contribution in [0.5, 0.6) is 0 Å². The van der Waals surface area contributed by atoms with Gasteiger partial charge < -0.3 is 5.32 Å². The Kier molecular flexibility index (Phi) is 7.94. The van der Waals surface area contributed by atoms with Gasteiger partial charge in [0.2, 0.25) is 10.0 Å². The van der Waals surface area contributed by atoms with Crippen LogP contribution < -0.4 is 10.0 Å². The van der Waals surface area contributed by atoms with Crippen LogP contribution in [0.1, 0.15) is 34.9 Å². The number of aromatic nitrogens is 1. The van der Waals surface area contributed by atoms with Gasteiger partial charge in [-0.25, -0.2) is 8.42 Å². The van der Waals surface area contributed by atoms with Gasteiger partial charge in [-0.05, 0) is 73.0 Å². The summed E-state index contributed by atoms with van der Waals surface area (Å²) in [6.07, 6.45) is -3.05. The van der Waals surface area contributed by atoms with Crippen molar-refractivity contribution < 1.29 is 21.6 Å². The zero-order chi connectivity index (χ0) is 28.3. The molecule has 5 nitrogen and oxygen atoms in total. The molecule has 4 rings (SSSR count). The zero-order valence-electron chi connectivity index (χ0n) is 21.5. The minimum atomic E-state index is -4.62. The lowest BCUT2D eigenvalue weighted by Crippen LogP contribution is -2.49. The third-order valence-electron chi connectivity index (χ3n) is 6.17. The first-order valence-electron chi connectivity index (χ1n) is 12.1. The third-order valence-corrected chi connectivity index (χ3v) is 7.68. The van der Waals surface area contributed by atoms with Gasteiger partial charge >= 0.3 is 6.18 Å². The SMILES string of the molecule is C=C(C)Nc1ccc(S(=O)(=O)NC(Cc2ccccc2)(c2cccc(C(F)(F)F)c2)c2ccc(C)cn2)cc1. The quantitative estimate of drug-likeness (QED) is 0.240. The summed E-state index contributed by atoms with van der Waals surface area (Å²) in [6.45, 7) is 7.37. The van der Waals surface area contributed by atoms with Crippen molar-refractivity contribution in [2.75, 3.05) is 5.32 Å². The molecule has 0 aliphatic carbocycles. The van der Waals surface area contributed by atoms with Crippen molar-refractivity contribution in [3.63, 3.8) is 0 Å². The number of hydrogen-bond acceptors (Lipinski definition) is 4. The number of benzene rings is 3. The number of hydrogen-bond donors (Lipinski definition) is 2. The molecular weight excluding hydrogens is 523 g/mol. The van der Waals surface area contributed by atoms with E-state index in [2.05, 4.69) is 21.6 Å². The predicted octanol–water partition coefficient (Wildman–Crippen LogP) is 6.82. The molecule has 0 fully saturated rings. The standard InChI is InChI=1S/C30H28F3N3O2S/c1-21(2)35-26-13-15-27(16-14-26)39(37,38)36-29(19-23-8-5-4-6-9-23,28-17-12-22(3)20-34-28)24-10-7-11-25(18-24)30(31,32)33/h4-18,20,35-36H,1,19H2,2-3H3. The van der Waals surface area contributed by atoms with Gasteiger partial charge in [0.1, 0.15) is 5.54 Å². The van der Waals surface area contributed by atoms with E-state index in [1.807, 2.05) is 13.0 Å². The maximum Gasteiger partial charge on any atom is 0.416 e. The molecule has 0 radical (unpaired) electrons. The Hall–Kier alpha value is -3.95. The van der Waals surface area contributed by atoms with Gasteiger partial charge in [0.05, 0.1) is 16.2 Å². The fourth-order valence-corrected chi connectivity index (χ4v) is 5.69. The molecule has 39 heavy (non-hydrogen) atoms. The number of pyridine rings is 1. The second-order valence-corrected chi connectivity index (χ2v) is 11.1. The van der Waals surface area contributed by atoms with Crippen molar-refractivity contribution in [3.8, 4) is 0 Å². The van der Waals surface area contributed by atoms with E-state index in [9.17, 15) is 21.6 Å². The second kappa shape index (κ2) is 11.0. The number of nitrogens with one attached hydrogen (secondary N) is 2. The van der Waals surface area contributed by atoms with Crippen molar-refractivity contribution in [2.24, 2.45) is 0 Å². The predicted molar refractivity (Wildman–Crippen MR) is 147 cm³/mol. The Bertz CT molecular complexity index is 1550. The summed E-state index contributed by atoms with van der Waals surface area (Å²) in [6, 6.07) is 23.1. The lowest BCUT2D eigenvalue weighted by molar-refractivity contribution is -0.137. The number of halogens is 3. The van der Waals surface area contributed by atoms with E-state index in [0.29, 0.717) is 16.9 Å². The molecule has 0 saturated heterocycles. The van der Waals surface area contributed by atoms with Gasteiger partial charge in [0.25, 0.3) is 0 Å². The van der Waals surface area contributed by atoms with Crippen LogP contribution in [-0.2, 0) is 28.2 Å². The van der Waals surface area contributed by atoms with Crippen molar-refractivity contribution in [2.45, 2.75) is 36.9 Å². The molecule has 3 aromatic carbocycles. The molecule has 1 unspecified atom stereocenters. The number of aryl methyl sites for hydroxylation is 1. The fraction of sp³-hybridized carbons (Fsp3) is 0.167. The molecule has 202 valence electrons. The summed E-state index contributed by atoms with van der Waals surface area (Å²) < 4.78 is 71.9. The van der Waals surface area contributed by atoms with Crippen LogP contribution in [0.15, 0.2) is 114 Å². The average Bonchev–Trinajstić information content (AvgIpc) is 2.89. The van der Waals surface area contributed by atoms with Gasteiger partial charge in [-0.2, -0.15) is 17.9 Å². The molecule has 2 N–H and O–H groups in total. The van der Waals surface area contributed by atoms with Crippen LogP contribution in [0.3, 0.4) is 0 Å². The molecule has 0 bridgehead atoms. The summed E-state index contributed by atoms with van der Waals surface area (Å²) in [5.41, 5.74) is 0.682. The van der Waals surface area contributed by atoms with Crippen LogP contribution in [0.25, 0.3) is 0 Å². The fourth-order valence-electron chi connectivity index (χ4n) is 4.32. The Labute approximate surface area is 226 Å². The maximum atomic E-state index is 13.9. The van der Waals surface area contributed by atoms with Gasteiger partial charge in [0.15, 0.2) is 0 Å². The largest absolute Gasteiger partial charge is 0.416 e. The minimum absolute atomic E-state index is 0.0136. The molecule has 1 heterocycles. The number of sulfonamides is 1. The number of allylic oxidation sites excluding steroid dienone is 1. The van der Waals surface area contributed by atoms with Crippen molar-refractivity contribution in [1.29, 1.82) is 0 Å². The Morgan fingerprint density at radius 1 is 0.897 bits per heavy atom. The van der Waals surface area contributed by atoms with Crippen LogP contribution in [-0.4, -0.2) is 13.4 Å². The highest BCUT2D eigenvalue weighted by atomic mass is 32.2. The normalized spacial score (nSPS) is 13.5. The first-order valence-corrected chi connectivity index (χ1v) is 13.6. The molecule has 0 saturated carbocycles. The highest BCUT2D eigenvalue weighted by molar-refractivity contribution is 7.89. The minimum Gasteiger partial charge on any atom is -0.360 e. The van der Waals surface area contributed by atoms with Crippen LogP contribution in [0.4, 0.5) is 18.9 Å².